The lowest BCUT2D eigenvalue weighted by molar-refractivity contribution is -0.116. The predicted octanol–water partition coefficient (Wildman–Crippen LogP) is 2.74. The zero-order valence-corrected chi connectivity index (χ0v) is 9.17. The van der Waals surface area contributed by atoms with Gasteiger partial charge in [0.05, 0.1) is 5.69 Å². The van der Waals surface area contributed by atoms with Crippen molar-refractivity contribution in [1.29, 1.82) is 0 Å². The van der Waals surface area contributed by atoms with Crippen LogP contribution in [0.1, 0.15) is 17.9 Å². The first-order chi connectivity index (χ1) is 7.41. The summed E-state index contributed by atoms with van der Waals surface area (Å²) >= 11 is 5.77. The molecule has 2 N–H and O–H groups in total. The van der Waals surface area contributed by atoms with E-state index in [1.54, 1.807) is 0 Å². The molecule has 1 rings (SSSR count). The van der Waals surface area contributed by atoms with Crippen molar-refractivity contribution in [3.05, 3.63) is 23.8 Å². The Kier molecular flexibility index (Phi) is 4.06. The van der Waals surface area contributed by atoms with Gasteiger partial charge in [0, 0.05) is 0 Å². The average Bonchev–Trinajstić information content (AvgIpc) is 2.19. The third-order valence-corrected chi connectivity index (χ3v) is 2.46. The van der Waals surface area contributed by atoms with Gasteiger partial charge in [0.2, 0.25) is 0 Å². The summed E-state index contributed by atoms with van der Waals surface area (Å²) in [7, 11) is 0. The van der Waals surface area contributed by atoms with Crippen molar-refractivity contribution in [2.45, 2.75) is 18.9 Å². The number of nitrogen functional groups attached to an aromatic ring is 1. The molecule has 0 amide bonds. The van der Waals surface area contributed by atoms with E-state index in [0.29, 0.717) is 5.56 Å². The first-order valence-electron chi connectivity index (χ1n) is 4.40. The molecule has 3 nitrogen and oxygen atoms in total. The molecular formula is C10H10ClF2NO2. The molecule has 1 aromatic carbocycles. The second-order valence-corrected chi connectivity index (χ2v) is 3.59. The number of rotatable bonds is 4. The fourth-order valence-corrected chi connectivity index (χ4v) is 1.28. The summed E-state index contributed by atoms with van der Waals surface area (Å²) in [5.74, 6) is -0.464. The van der Waals surface area contributed by atoms with Gasteiger partial charge in [-0.05, 0) is 24.6 Å². The lowest BCUT2D eigenvalue weighted by Crippen LogP contribution is -2.07. The molecule has 1 aromatic rings. The maximum absolute atomic E-state index is 12.0. The molecule has 0 spiro atoms. The zero-order chi connectivity index (χ0) is 12.3. The van der Waals surface area contributed by atoms with Gasteiger partial charge < -0.3 is 10.5 Å². The Bertz CT molecular complexity index is 398. The molecule has 1 unspecified atom stereocenters. The van der Waals surface area contributed by atoms with E-state index in [-0.39, 0.29) is 17.2 Å². The van der Waals surface area contributed by atoms with Gasteiger partial charge in [-0.1, -0.05) is 6.07 Å². The van der Waals surface area contributed by atoms with Crippen LogP contribution in [0.3, 0.4) is 0 Å². The summed E-state index contributed by atoms with van der Waals surface area (Å²) in [6.07, 6.45) is 0. The molecule has 0 aliphatic heterocycles. The molecule has 0 aliphatic rings. The maximum atomic E-state index is 12.0. The highest BCUT2D eigenvalue weighted by molar-refractivity contribution is 6.30. The standard InChI is InChI=1S/C10H10ClF2NO2/c1-5(15)9(11)6-2-3-7(14)8(4-6)16-10(12)13/h2-4,9-10H,14H2,1H3. The summed E-state index contributed by atoms with van der Waals surface area (Å²) in [5.41, 5.74) is 5.87. The van der Waals surface area contributed by atoms with E-state index in [2.05, 4.69) is 4.74 Å². The minimum absolute atomic E-state index is 0.0662. The molecule has 0 saturated heterocycles. The lowest BCUT2D eigenvalue weighted by Gasteiger charge is -2.11. The minimum Gasteiger partial charge on any atom is -0.433 e. The molecule has 0 heterocycles. The molecule has 0 aromatic heterocycles. The molecule has 88 valence electrons. The van der Waals surface area contributed by atoms with Crippen molar-refractivity contribution < 1.29 is 18.3 Å². The van der Waals surface area contributed by atoms with Gasteiger partial charge in [0.15, 0.2) is 5.78 Å². The van der Waals surface area contributed by atoms with Crippen LogP contribution >= 0.6 is 11.6 Å². The van der Waals surface area contributed by atoms with Crippen LogP contribution in [0.4, 0.5) is 14.5 Å². The number of anilines is 1. The van der Waals surface area contributed by atoms with Crippen molar-refractivity contribution >= 4 is 23.1 Å². The van der Waals surface area contributed by atoms with Gasteiger partial charge >= 0.3 is 6.61 Å². The van der Waals surface area contributed by atoms with E-state index < -0.39 is 12.0 Å². The SMILES string of the molecule is CC(=O)C(Cl)c1ccc(N)c(OC(F)F)c1. The highest BCUT2D eigenvalue weighted by Crippen LogP contribution is 2.30. The highest BCUT2D eigenvalue weighted by atomic mass is 35.5. The Hall–Kier alpha value is -1.36. The van der Waals surface area contributed by atoms with E-state index in [0.717, 1.165) is 0 Å². The third kappa shape index (κ3) is 3.06. The van der Waals surface area contributed by atoms with Crippen molar-refractivity contribution in [3.8, 4) is 5.75 Å². The van der Waals surface area contributed by atoms with Gasteiger partial charge in [-0.2, -0.15) is 8.78 Å². The van der Waals surface area contributed by atoms with Gasteiger partial charge in [0.25, 0.3) is 0 Å². The van der Waals surface area contributed by atoms with Crippen molar-refractivity contribution in [3.63, 3.8) is 0 Å². The van der Waals surface area contributed by atoms with Crippen LogP contribution in [-0.4, -0.2) is 12.4 Å². The average molecular weight is 250 g/mol. The number of halogens is 3. The largest absolute Gasteiger partial charge is 0.433 e. The molecule has 0 bridgehead atoms. The first kappa shape index (κ1) is 12.7. The minimum atomic E-state index is -2.97. The second kappa shape index (κ2) is 5.12. The Balaban J connectivity index is 3.02. The Morgan fingerprint density at radius 2 is 2.12 bits per heavy atom. The number of ketones is 1. The van der Waals surface area contributed by atoms with Gasteiger partial charge in [-0.3, -0.25) is 4.79 Å². The molecule has 0 fully saturated rings. The Labute approximate surface area is 96.1 Å². The first-order valence-corrected chi connectivity index (χ1v) is 4.84. The number of hydrogen-bond donors (Lipinski definition) is 1. The summed E-state index contributed by atoms with van der Waals surface area (Å²) in [4.78, 5) is 11.0. The van der Waals surface area contributed by atoms with Crippen molar-refractivity contribution in [1.82, 2.24) is 0 Å². The van der Waals surface area contributed by atoms with E-state index in [1.165, 1.54) is 25.1 Å². The van der Waals surface area contributed by atoms with Gasteiger partial charge in [0.1, 0.15) is 11.1 Å². The monoisotopic (exact) mass is 249 g/mol. The molecule has 1 atom stereocenters. The van der Waals surface area contributed by atoms with Crippen LogP contribution in [0.25, 0.3) is 0 Å². The van der Waals surface area contributed by atoms with Crippen molar-refractivity contribution in [2.24, 2.45) is 0 Å². The smallest absolute Gasteiger partial charge is 0.387 e. The quantitative estimate of drug-likeness (QED) is 0.659. The molecule has 6 heteroatoms. The van der Waals surface area contributed by atoms with Crippen molar-refractivity contribution in [2.75, 3.05) is 5.73 Å². The highest BCUT2D eigenvalue weighted by Gasteiger charge is 2.16. The lowest BCUT2D eigenvalue weighted by atomic mass is 10.1. The molecule has 0 aliphatic carbocycles. The van der Waals surface area contributed by atoms with Gasteiger partial charge in [-0.25, -0.2) is 0 Å². The van der Waals surface area contributed by atoms with Crippen LogP contribution in [-0.2, 0) is 4.79 Å². The topological polar surface area (TPSA) is 52.3 Å². The number of carbonyl (C=O) groups is 1. The number of alkyl halides is 3. The summed E-state index contributed by atoms with van der Waals surface area (Å²) in [6.45, 7) is -1.66. The van der Waals surface area contributed by atoms with E-state index >= 15 is 0 Å². The van der Waals surface area contributed by atoms with Crippen LogP contribution in [0.15, 0.2) is 18.2 Å². The number of benzene rings is 1. The molecule has 0 saturated carbocycles. The predicted molar refractivity (Wildman–Crippen MR) is 56.8 cm³/mol. The van der Waals surface area contributed by atoms with E-state index in [1.807, 2.05) is 0 Å². The van der Waals surface area contributed by atoms with Crippen LogP contribution in [0.5, 0.6) is 5.75 Å². The maximum Gasteiger partial charge on any atom is 0.387 e. The molecule has 0 radical (unpaired) electrons. The van der Waals surface area contributed by atoms with Crippen LogP contribution < -0.4 is 10.5 Å². The number of carbonyl (C=O) groups excluding carboxylic acids is 1. The fourth-order valence-electron chi connectivity index (χ4n) is 1.14. The van der Waals surface area contributed by atoms with E-state index in [9.17, 15) is 13.6 Å². The Morgan fingerprint density at radius 3 is 2.62 bits per heavy atom. The molecule has 16 heavy (non-hydrogen) atoms. The van der Waals surface area contributed by atoms with Gasteiger partial charge in [-0.15, -0.1) is 11.6 Å². The number of nitrogens with two attached hydrogens (primary N) is 1. The van der Waals surface area contributed by atoms with E-state index in [4.69, 9.17) is 17.3 Å². The summed E-state index contributed by atoms with van der Waals surface area (Å²) in [5, 5.41) is -0.888. The number of ether oxygens (including phenoxy) is 1. The molecular weight excluding hydrogens is 240 g/mol. The Morgan fingerprint density at radius 1 is 1.50 bits per heavy atom. The third-order valence-electron chi connectivity index (χ3n) is 1.90. The second-order valence-electron chi connectivity index (χ2n) is 3.15. The normalized spacial score (nSPS) is 12.6. The fraction of sp³-hybridized carbons (Fsp3) is 0.300. The number of hydrogen-bond acceptors (Lipinski definition) is 3. The summed E-state index contributed by atoms with van der Waals surface area (Å²) < 4.78 is 28.2. The van der Waals surface area contributed by atoms with Crippen LogP contribution in [0, 0.1) is 0 Å². The number of Topliss-reactive ketones (excluding diaryl/α,β-unsaturated/α-hetero) is 1. The van der Waals surface area contributed by atoms with Crippen LogP contribution in [0.2, 0.25) is 0 Å². The summed E-state index contributed by atoms with van der Waals surface area (Å²) in [6, 6.07) is 4.10. The zero-order valence-electron chi connectivity index (χ0n) is 8.41.